The van der Waals surface area contributed by atoms with E-state index < -0.39 is 10.0 Å². The average Bonchev–Trinajstić information content (AvgIpc) is 2.17. The van der Waals surface area contributed by atoms with Gasteiger partial charge in [-0.05, 0) is 29.8 Å². The van der Waals surface area contributed by atoms with E-state index in [1.165, 1.54) is 19.2 Å². The van der Waals surface area contributed by atoms with Gasteiger partial charge < -0.3 is 0 Å². The number of nitrogens with zero attached hydrogens (tertiary/aromatic N) is 2. The molecular weight excluding hydrogens is 259 g/mol. The monoisotopic (exact) mass is 264 g/mol. The van der Waals surface area contributed by atoms with Gasteiger partial charge in [0, 0.05) is 12.1 Å². The normalized spacial score (nSPS) is 18.3. The summed E-state index contributed by atoms with van der Waals surface area (Å²) in [5.74, 6) is 0. The number of hydrogen-bond acceptors (Lipinski definition) is 3. The van der Waals surface area contributed by atoms with Gasteiger partial charge in [-0.3, -0.25) is 0 Å². The molecule has 0 amide bonds. The maximum absolute atomic E-state index is 11.9. The Hall–Kier alpha value is -0.780. The molecule has 1 aliphatic rings. The van der Waals surface area contributed by atoms with Crippen LogP contribution in [0.2, 0.25) is 5.02 Å². The number of rotatable bonds is 0. The van der Waals surface area contributed by atoms with Crippen molar-refractivity contribution in [3.8, 4) is 0 Å². The van der Waals surface area contributed by atoms with Crippen LogP contribution in [0.1, 0.15) is 0 Å². The van der Waals surface area contributed by atoms with Gasteiger partial charge in [0.15, 0.2) is 0 Å². The quantitative estimate of drug-likeness (QED) is 0.675. The first-order valence-electron chi connectivity index (χ1n) is 3.95. The van der Waals surface area contributed by atoms with Crippen molar-refractivity contribution >= 4 is 44.2 Å². The second kappa shape index (κ2) is 3.37. The number of amidine groups is 1. The summed E-state index contributed by atoms with van der Waals surface area (Å²) in [5.41, 5.74) is 0.308. The molecule has 0 spiro atoms. The predicted octanol–water partition coefficient (Wildman–Crippen LogP) is 2.20. The molecule has 0 saturated carbocycles. The highest BCUT2D eigenvalue weighted by Crippen LogP contribution is 2.34. The van der Waals surface area contributed by atoms with Crippen LogP contribution in [0.3, 0.4) is 0 Å². The number of aliphatic imine (C=N–C) groups is 1. The van der Waals surface area contributed by atoms with Crippen molar-refractivity contribution in [1.82, 2.24) is 4.31 Å². The first-order chi connectivity index (χ1) is 6.93. The minimum atomic E-state index is -3.61. The summed E-state index contributed by atoms with van der Waals surface area (Å²) in [7, 11) is -2.27. The molecule has 0 unspecified atom stereocenters. The Morgan fingerprint density at radius 3 is 2.67 bits per heavy atom. The highest BCUT2D eigenvalue weighted by Gasteiger charge is 2.30. The van der Waals surface area contributed by atoms with Gasteiger partial charge in [0.25, 0.3) is 10.0 Å². The Morgan fingerprint density at radius 1 is 1.33 bits per heavy atom. The fraction of sp³-hybridized carbons (Fsp3) is 0.125. The molecule has 0 aromatic heterocycles. The molecule has 0 atom stereocenters. The third kappa shape index (κ3) is 1.60. The third-order valence-electron chi connectivity index (χ3n) is 2.03. The van der Waals surface area contributed by atoms with Crippen LogP contribution in [0, 0.1) is 0 Å². The van der Waals surface area contributed by atoms with Crippen LogP contribution < -0.4 is 0 Å². The van der Waals surface area contributed by atoms with Gasteiger partial charge in [-0.2, -0.15) is 0 Å². The lowest BCUT2D eigenvalue weighted by atomic mass is 10.3. The van der Waals surface area contributed by atoms with Crippen LogP contribution in [-0.2, 0) is 10.0 Å². The smallest absolute Gasteiger partial charge is 0.243 e. The molecule has 1 aromatic carbocycles. The highest BCUT2D eigenvalue weighted by atomic mass is 35.5. The highest BCUT2D eigenvalue weighted by molar-refractivity contribution is 7.90. The number of halogens is 2. The van der Waals surface area contributed by atoms with E-state index in [4.69, 9.17) is 23.2 Å². The molecule has 1 aromatic rings. The molecule has 0 N–H and O–H groups in total. The summed E-state index contributed by atoms with van der Waals surface area (Å²) in [6.07, 6.45) is 0. The third-order valence-corrected chi connectivity index (χ3v) is 4.48. The SMILES string of the molecule is CN1C(Cl)=Nc2ccc(Cl)cc2S1(=O)=O. The summed E-state index contributed by atoms with van der Waals surface area (Å²) in [5, 5.41) is 0.267. The van der Waals surface area contributed by atoms with Crippen molar-refractivity contribution in [1.29, 1.82) is 0 Å². The van der Waals surface area contributed by atoms with Crippen LogP contribution >= 0.6 is 23.2 Å². The zero-order valence-electron chi connectivity index (χ0n) is 7.61. The van der Waals surface area contributed by atoms with Crippen LogP contribution in [0.15, 0.2) is 28.1 Å². The Bertz CT molecular complexity index is 554. The number of sulfonamides is 1. The van der Waals surface area contributed by atoms with Gasteiger partial charge in [0.05, 0.1) is 5.69 Å². The second-order valence-corrected chi connectivity index (χ2v) is 5.68. The fourth-order valence-corrected chi connectivity index (χ4v) is 2.99. The summed E-state index contributed by atoms with van der Waals surface area (Å²) < 4.78 is 24.6. The second-order valence-electron chi connectivity index (χ2n) is 2.97. The molecule has 1 heterocycles. The molecule has 2 rings (SSSR count). The van der Waals surface area contributed by atoms with E-state index in [-0.39, 0.29) is 10.2 Å². The standard InChI is InChI=1S/C8H6Cl2N2O2S/c1-12-8(10)11-6-3-2-5(9)4-7(6)15(12,13)14/h2-4H,1H3. The maximum Gasteiger partial charge on any atom is 0.268 e. The van der Waals surface area contributed by atoms with Crippen molar-refractivity contribution in [3.05, 3.63) is 23.2 Å². The lowest BCUT2D eigenvalue weighted by Gasteiger charge is -2.22. The topological polar surface area (TPSA) is 49.7 Å². The Kier molecular flexibility index (Phi) is 2.41. The van der Waals surface area contributed by atoms with E-state index in [1.54, 1.807) is 6.07 Å². The van der Waals surface area contributed by atoms with Gasteiger partial charge >= 0.3 is 0 Å². The van der Waals surface area contributed by atoms with Crippen LogP contribution in [0.5, 0.6) is 0 Å². The van der Waals surface area contributed by atoms with E-state index in [0.29, 0.717) is 10.7 Å². The van der Waals surface area contributed by atoms with Gasteiger partial charge in [-0.15, -0.1) is 0 Å². The molecule has 0 fully saturated rings. The van der Waals surface area contributed by atoms with Gasteiger partial charge in [-0.25, -0.2) is 17.7 Å². The lowest BCUT2D eigenvalue weighted by Crippen LogP contribution is -2.32. The first-order valence-corrected chi connectivity index (χ1v) is 6.15. The summed E-state index contributed by atoms with van der Waals surface area (Å²) in [4.78, 5) is 4.00. The minimum absolute atomic E-state index is 0.0712. The van der Waals surface area contributed by atoms with Crippen LogP contribution in [0.25, 0.3) is 0 Å². The van der Waals surface area contributed by atoms with E-state index in [1.807, 2.05) is 0 Å². The maximum atomic E-state index is 11.9. The van der Waals surface area contributed by atoms with E-state index >= 15 is 0 Å². The molecular formula is C8H6Cl2N2O2S. The fourth-order valence-electron chi connectivity index (χ4n) is 1.20. The summed E-state index contributed by atoms with van der Waals surface area (Å²) >= 11 is 11.4. The Balaban J connectivity index is 2.79. The average molecular weight is 265 g/mol. The molecule has 0 radical (unpaired) electrons. The van der Waals surface area contributed by atoms with Crippen molar-refractivity contribution in [2.24, 2.45) is 4.99 Å². The number of benzene rings is 1. The lowest BCUT2D eigenvalue weighted by molar-refractivity contribution is 0.552. The van der Waals surface area contributed by atoms with Crippen molar-refractivity contribution in [3.63, 3.8) is 0 Å². The molecule has 7 heteroatoms. The van der Waals surface area contributed by atoms with Gasteiger partial charge in [0.1, 0.15) is 4.90 Å². The van der Waals surface area contributed by atoms with E-state index in [2.05, 4.69) is 4.99 Å². The van der Waals surface area contributed by atoms with Gasteiger partial charge in [-0.1, -0.05) is 11.6 Å². The molecule has 0 bridgehead atoms. The molecule has 0 aliphatic carbocycles. The molecule has 80 valence electrons. The van der Waals surface area contributed by atoms with Crippen molar-refractivity contribution in [2.75, 3.05) is 7.05 Å². The van der Waals surface area contributed by atoms with Crippen LogP contribution in [0.4, 0.5) is 5.69 Å². The summed E-state index contributed by atoms with van der Waals surface area (Å²) in [6.45, 7) is 0. The molecule has 15 heavy (non-hydrogen) atoms. The Morgan fingerprint density at radius 2 is 2.00 bits per heavy atom. The van der Waals surface area contributed by atoms with Crippen LogP contribution in [-0.4, -0.2) is 25.1 Å². The van der Waals surface area contributed by atoms with E-state index in [0.717, 1.165) is 4.31 Å². The van der Waals surface area contributed by atoms with Gasteiger partial charge in [0.2, 0.25) is 5.29 Å². The van der Waals surface area contributed by atoms with Crippen molar-refractivity contribution in [2.45, 2.75) is 4.90 Å². The Labute approximate surface area is 97.2 Å². The zero-order valence-corrected chi connectivity index (χ0v) is 9.94. The molecule has 1 aliphatic heterocycles. The first kappa shape index (κ1) is 10.7. The molecule has 4 nitrogen and oxygen atoms in total. The predicted molar refractivity (Wildman–Crippen MR) is 59.3 cm³/mol. The molecule has 0 saturated heterocycles. The zero-order chi connectivity index (χ0) is 11.2. The minimum Gasteiger partial charge on any atom is -0.243 e. The largest absolute Gasteiger partial charge is 0.268 e. The van der Waals surface area contributed by atoms with Crippen molar-refractivity contribution < 1.29 is 8.42 Å². The number of hydrogen-bond donors (Lipinski definition) is 0. The van der Waals surface area contributed by atoms with E-state index in [9.17, 15) is 8.42 Å². The summed E-state index contributed by atoms with van der Waals surface area (Å²) in [6, 6.07) is 4.44. The number of fused-ring (bicyclic) bond motifs is 1.